The number of H-pyrrole nitrogens is 1. The average Bonchev–Trinajstić information content (AvgIpc) is 2.55. The van der Waals surface area contributed by atoms with E-state index in [0.717, 1.165) is 38.0 Å². The molecule has 1 saturated heterocycles. The van der Waals surface area contributed by atoms with Crippen molar-refractivity contribution in [3.63, 3.8) is 0 Å². The molecule has 5 nitrogen and oxygen atoms in total. The van der Waals surface area contributed by atoms with Gasteiger partial charge in [0, 0.05) is 25.9 Å². The van der Waals surface area contributed by atoms with E-state index in [9.17, 15) is 5.26 Å². The molecule has 120 valence electrons. The van der Waals surface area contributed by atoms with Crippen molar-refractivity contribution in [2.75, 3.05) is 37.8 Å². The quantitative estimate of drug-likeness (QED) is 0.596. The Labute approximate surface area is 136 Å². The highest BCUT2D eigenvalue weighted by atomic mass is 32.1. The van der Waals surface area contributed by atoms with Crippen LogP contribution in [0.4, 0.5) is 5.69 Å². The monoisotopic (exact) mass is 321 g/mol. The van der Waals surface area contributed by atoms with Crippen molar-refractivity contribution < 1.29 is 9.84 Å². The van der Waals surface area contributed by atoms with Crippen LogP contribution in [-0.4, -0.2) is 43.0 Å². The Morgan fingerprint density at radius 1 is 1.50 bits per heavy atom. The summed E-state index contributed by atoms with van der Waals surface area (Å²) in [5, 5.41) is 18.0. The fourth-order valence-corrected chi connectivity index (χ4v) is 3.22. The summed E-state index contributed by atoms with van der Waals surface area (Å²) in [5.41, 5.74) is 1.52. The number of anilines is 1. The number of rotatable bonds is 7. The van der Waals surface area contributed by atoms with Gasteiger partial charge >= 0.3 is 0 Å². The zero-order valence-electron chi connectivity index (χ0n) is 12.8. The van der Waals surface area contributed by atoms with Crippen molar-refractivity contribution in [3.8, 4) is 6.07 Å². The highest BCUT2D eigenvalue weighted by molar-refractivity contribution is 7.71. The highest BCUT2D eigenvalue weighted by Gasteiger charge is 2.22. The van der Waals surface area contributed by atoms with E-state index in [-0.39, 0.29) is 6.61 Å². The Hall–Kier alpha value is -1.42. The van der Waals surface area contributed by atoms with Crippen molar-refractivity contribution in [1.29, 1.82) is 5.26 Å². The van der Waals surface area contributed by atoms with Crippen molar-refractivity contribution in [3.05, 3.63) is 22.5 Å². The van der Waals surface area contributed by atoms with Gasteiger partial charge in [0.15, 0.2) is 0 Å². The Kier molecular flexibility index (Phi) is 6.84. The lowest BCUT2D eigenvalue weighted by atomic mass is 9.93. The highest BCUT2D eigenvalue weighted by Crippen LogP contribution is 2.28. The first kappa shape index (κ1) is 16.9. The predicted octanol–water partition coefficient (Wildman–Crippen LogP) is 2.62. The summed E-state index contributed by atoms with van der Waals surface area (Å²) < 4.78 is 5.83. The topological polar surface area (TPSA) is 72.3 Å². The molecule has 1 aliphatic rings. The van der Waals surface area contributed by atoms with Crippen LogP contribution in [0.25, 0.3) is 0 Å². The maximum absolute atomic E-state index is 9.32. The normalized spacial score (nSPS) is 18.2. The van der Waals surface area contributed by atoms with Crippen molar-refractivity contribution in [2.45, 2.75) is 25.7 Å². The summed E-state index contributed by atoms with van der Waals surface area (Å²) in [4.78, 5) is 5.21. The van der Waals surface area contributed by atoms with E-state index in [4.69, 9.17) is 22.1 Å². The molecule has 1 aliphatic heterocycles. The number of aliphatic hydroxyl groups excluding tert-OH is 1. The van der Waals surface area contributed by atoms with E-state index in [1.165, 1.54) is 6.42 Å². The molecule has 0 aliphatic carbocycles. The Bertz CT molecular complexity index is 567. The molecular weight excluding hydrogens is 298 g/mol. The molecule has 1 aromatic heterocycles. The fraction of sp³-hybridized carbons (Fsp3) is 0.625. The van der Waals surface area contributed by atoms with E-state index in [0.29, 0.717) is 29.3 Å². The Morgan fingerprint density at radius 3 is 3.14 bits per heavy atom. The van der Waals surface area contributed by atoms with Gasteiger partial charge in [-0.1, -0.05) is 12.2 Å². The standard InChI is InChI=1S/C16H23N3O2S/c17-11-14-15(5-6-18-16(14)22)19-7-1-3-13(12-19)4-2-9-21-10-8-20/h5-6,13,20H,1-4,7-10,12H2,(H,18,22). The molecule has 1 aromatic rings. The third-order valence-electron chi connectivity index (χ3n) is 4.05. The lowest BCUT2D eigenvalue weighted by molar-refractivity contribution is 0.0872. The van der Waals surface area contributed by atoms with Gasteiger partial charge in [0.1, 0.15) is 16.3 Å². The zero-order valence-corrected chi connectivity index (χ0v) is 13.6. The summed E-state index contributed by atoms with van der Waals surface area (Å²) in [6, 6.07) is 4.17. The summed E-state index contributed by atoms with van der Waals surface area (Å²) in [6.45, 7) is 3.16. The molecule has 0 saturated carbocycles. The average molecular weight is 321 g/mol. The van der Waals surface area contributed by atoms with E-state index < -0.39 is 0 Å². The van der Waals surface area contributed by atoms with Crippen LogP contribution in [0.2, 0.25) is 0 Å². The number of hydrogen-bond donors (Lipinski definition) is 2. The Balaban J connectivity index is 1.92. The molecule has 0 bridgehead atoms. The molecular formula is C16H23N3O2S. The lowest BCUT2D eigenvalue weighted by Crippen LogP contribution is -2.36. The van der Waals surface area contributed by atoms with Crippen LogP contribution >= 0.6 is 12.2 Å². The molecule has 0 amide bonds. The van der Waals surface area contributed by atoms with Gasteiger partial charge in [0.25, 0.3) is 0 Å². The van der Waals surface area contributed by atoms with E-state index in [1.54, 1.807) is 0 Å². The number of pyridine rings is 1. The number of ether oxygens (including phenoxy) is 1. The summed E-state index contributed by atoms with van der Waals surface area (Å²) in [6.07, 6.45) is 6.29. The molecule has 0 spiro atoms. The fourth-order valence-electron chi connectivity index (χ4n) is 3.00. The van der Waals surface area contributed by atoms with Crippen LogP contribution in [0.15, 0.2) is 12.3 Å². The number of aromatic amines is 1. The minimum atomic E-state index is 0.0859. The third kappa shape index (κ3) is 4.54. The van der Waals surface area contributed by atoms with Gasteiger partial charge < -0.3 is 19.7 Å². The minimum absolute atomic E-state index is 0.0859. The number of hydrogen-bond acceptors (Lipinski definition) is 5. The van der Waals surface area contributed by atoms with E-state index in [1.807, 2.05) is 12.3 Å². The second-order valence-electron chi connectivity index (χ2n) is 5.61. The van der Waals surface area contributed by atoms with Crippen LogP contribution in [-0.2, 0) is 4.74 Å². The smallest absolute Gasteiger partial charge is 0.123 e. The number of nitrogens with one attached hydrogen (secondary N) is 1. The number of nitriles is 1. The molecule has 1 fully saturated rings. The van der Waals surface area contributed by atoms with Crippen LogP contribution in [0.5, 0.6) is 0 Å². The van der Waals surface area contributed by atoms with Gasteiger partial charge in [-0.3, -0.25) is 0 Å². The van der Waals surface area contributed by atoms with Gasteiger partial charge in [0.2, 0.25) is 0 Å². The SMILES string of the molecule is N#Cc1c(N2CCCC(CCCOCCO)C2)cc[nH]c1=S. The summed E-state index contributed by atoms with van der Waals surface area (Å²) in [7, 11) is 0. The van der Waals surface area contributed by atoms with Crippen LogP contribution < -0.4 is 4.90 Å². The van der Waals surface area contributed by atoms with Crippen LogP contribution in [0.1, 0.15) is 31.2 Å². The first-order valence-electron chi connectivity index (χ1n) is 7.81. The number of piperidine rings is 1. The van der Waals surface area contributed by atoms with E-state index in [2.05, 4.69) is 16.0 Å². The zero-order chi connectivity index (χ0) is 15.8. The second kappa shape index (κ2) is 8.89. The maximum Gasteiger partial charge on any atom is 0.123 e. The molecule has 2 heterocycles. The van der Waals surface area contributed by atoms with Gasteiger partial charge in [-0.2, -0.15) is 5.26 Å². The molecule has 2 N–H and O–H groups in total. The number of aliphatic hydroxyl groups is 1. The van der Waals surface area contributed by atoms with E-state index >= 15 is 0 Å². The van der Waals surface area contributed by atoms with Crippen LogP contribution in [0.3, 0.4) is 0 Å². The maximum atomic E-state index is 9.32. The molecule has 1 unspecified atom stereocenters. The van der Waals surface area contributed by atoms with Gasteiger partial charge in [-0.25, -0.2) is 0 Å². The lowest BCUT2D eigenvalue weighted by Gasteiger charge is -2.35. The van der Waals surface area contributed by atoms with Gasteiger partial charge in [-0.05, 0) is 37.7 Å². The minimum Gasteiger partial charge on any atom is -0.394 e. The summed E-state index contributed by atoms with van der Waals surface area (Å²) >= 11 is 5.21. The molecule has 2 rings (SSSR count). The van der Waals surface area contributed by atoms with Crippen molar-refractivity contribution in [1.82, 2.24) is 4.98 Å². The van der Waals surface area contributed by atoms with Gasteiger partial charge in [-0.15, -0.1) is 0 Å². The molecule has 6 heteroatoms. The molecule has 0 radical (unpaired) electrons. The van der Waals surface area contributed by atoms with Gasteiger partial charge in [0.05, 0.1) is 18.9 Å². The molecule has 22 heavy (non-hydrogen) atoms. The van der Waals surface area contributed by atoms with Crippen molar-refractivity contribution in [2.24, 2.45) is 5.92 Å². The van der Waals surface area contributed by atoms with Crippen LogP contribution in [0, 0.1) is 21.9 Å². The Morgan fingerprint density at radius 2 is 2.36 bits per heavy atom. The first-order chi connectivity index (χ1) is 10.8. The molecule has 0 aromatic carbocycles. The second-order valence-corrected chi connectivity index (χ2v) is 6.02. The number of aromatic nitrogens is 1. The van der Waals surface area contributed by atoms with Crippen molar-refractivity contribution >= 4 is 17.9 Å². The number of nitrogens with zero attached hydrogens (tertiary/aromatic N) is 2. The first-order valence-corrected chi connectivity index (χ1v) is 8.22. The molecule has 1 atom stereocenters. The summed E-state index contributed by atoms with van der Waals surface area (Å²) in [5.74, 6) is 0.621. The largest absolute Gasteiger partial charge is 0.394 e. The predicted molar refractivity (Wildman–Crippen MR) is 88.4 cm³/mol. The third-order valence-corrected chi connectivity index (χ3v) is 4.37.